The Balaban J connectivity index is 2.66. The van der Waals surface area contributed by atoms with E-state index in [0.717, 1.165) is 22.5 Å². The van der Waals surface area contributed by atoms with Crippen LogP contribution in [0.4, 0.5) is 0 Å². The Kier molecular flexibility index (Phi) is 2.72. The molecule has 1 N–H and O–H groups in total. The molecule has 0 unspecified atom stereocenters. The zero-order valence-corrected chi connectivity index (χ0v) is 10.4. The Morgan fingerprint density at radius 1 is 1.38 bits per heavy atom. The maximum Gasteiger partial charge on any atom is 0.128 e. The van der Waals surface area contributed by atoms with Gasteiger partial charge in [-0.25, -0.2) is 0 Å². The molecular formula is C13H15ClO2. The van der Waals surface area contributed by atoms with Crippen molar-refractivity contribution < 1.29 is 9.84 Å². The lowest BCUT2D eigenvalue weighted by molar-refractivity contribution is 0.142. The fourth-order valence-corrected chi connectivity index (χ4v) is 2.12. The molecular weight excluding hydrogens is 224 g/mol. The molecule has 2 nitrogen and oxygen atoms in total. The van der Waals surface area contributed by atoms with Crippen molar-refractivity contribution >= 4 is 17.2 Å². The zero-order valence-electron chi connectivity index (χ0n) is 9.67. The standard InChI is InChI=1S/C13H15ClO2/c1-8-11(7-15)10-6-9(14)4-5-12(10)16-13(8,2)3/h4-6,15H,7H2,1-3H3. The molecule has 1 aromatic rings. The summed E-state index contributed by atoms with van der Waals surface area (Å²) in [4.78, 5) is 0. The summed E-state index contributed by atoms with van der Waals surface area (Å²) in [5.41, 5.74) is 2.48. The molecule has 86 valence electrons. The summed E-state index contributed by atoms with van der Waals surface area (Å²) in [6.45, 7) is 5.98. The molecule has 0 saturated heterocycles. The Bertz CT molecular complexity index is 461. The van der Waals surface area contributed by atoms with Gasteiger partial charge in [0.25, 0.3) is 0 Å². The number of ether oxygens (including phenoxy) is 1. The lowest BCUT2D eigenvalue weighted by Gasteiger charge is -2.35. The van der Waals surface area contributed by atoms with Crippen molar-refractivity contribution in [3.8, 4) is 5.75 Å². The van der Waals surface area contributed by atoms with Crippen LogP contribution in [0.5, 0.6) is 5.75 Å². The summed E-state index contributed by atoms with van der Waals surface area (Å²) in [7, 11) is 0. The van der Waals surface area contributed by atoms with Crippen LogP contribution in [-0.2, 0) is 0 Å². The van der Waals surface area contributed by atoms with Crippen molar-refractivity contribution in [1.82, 2.24) is 0 Å². The van der Waals surface area contributed by atoms with Gasteiger partial charge in [-0.15, -0.1) is 0 Å². The molecule has 0 radical (unpaired) electrons. The molecule has 0 aliphatic carbocycles. The molecule has 0 amide bonds. The molecule has 2 rings (SSSR count). The first-order valence-electron chi connectivity index (χ1n) is 5.26. The topological polar surface area (TPSA) is 29.5 Å². The summed E-state index contributed by atoms with van der Waals surface area (Å²) in [6, 6.07) is 5.48. The first-order chi connectivity index (χ1) is 7.45. The second-order valence-electron chi connectivity index (χ2n) is 4.51. The van der Waals surface area contributed by atoms with Gasteiger partial charge in [0.2, 0.25) is 0 Å². The highest BCUT2D eigenvalue weighted by Crippen LogP contribution is 2.41. The van der Waals surface area contributed by atoms with Gasteiger partial charge in [-0.1, -0.05) is 11.6 Å². The number of aliphatic hydroxyl groups excluding tert-OH is 1. The summed E-state index contributed by atoms with van der Waals surface area (Å²) < 4.78 is 5.89. The normalized spacial score (nSPS) is 18.1. The van der Waals surface area contributed by atoms with Crippen molar-refractivity contribution in [3.05, 3.63) is 34.4 Å². The van der Waals surface area contributed by atoms with Crippen molar-refractivity contribution in [2.75, 3.05) is 6.61 Å². The largest absolute Gasteiger partial charge is 0.483 e. The molecule has 0 bridgehead atoms. The predicted octanol–water partition coefficient (Wildman–Crippen LogP) is 3.28. The Morgan fingerprint density at radius 2 is 2.06 bits per heavy atom. The van der Waals surface area contributed by atoms with Crippen molar-refractivity contribution in [1.29, 1.82) is 0 Å². The van der Waals surface area contributed by atoms with E-state index in [1.54, 1.807) is 6.07 Å². The fourth-order valence-electron chi connectivity index (χ4n) is 1.95. The number of fused-ring (bicyclic) bond motifs is 1. The molecule has 1 heterocycles. The van der Waals surface area contributed by atoms with Gasteiger partial charge in [-0.05, 0) is 50.1 Å². The van der Waals surface area contributed by atoms with Crippen LogP contribution < -0.4 is 4.74 Å². The predicted molar refractivity (Wildman–Crippen MR) is 65.8 cm³/mol. The third-order valence-electron chi connectivity index (χ3n) is 3.15. The fraction of sp³-hybridized carbons (Fsp3) is 0.385. The van der Waals surface area contributed by atoms with E-state index >= 15 is 0 Å². The Morgan fingerprint density at radius 3 is 2.69 bits per heavy atom. The smallest absolute Gasteiger partial charge is 0.128 e. The molecule has 1 aromatic carbocycles. The second kappa shape index (κ2) is 3.79. The lowest BCUT2D eigenvalue weighted by atomic mass is 9.87. The minimum absolute atomic E-state index is 0.00592. The van der Waals surface area contributed by atoms with Gasteiger partial charge < -0.3 is 9.84 Å². The molecule has 0 atom stereocenters. The number of benzene rings is 1. The van der Waals surface area contributed by atoms with E-state index in [-0.39, 0.29) is 12.2 Å². The van der Waals surface area contributed by atoms with Crippen molar-refractivity contribution in [2.45, 2.75) is 26.4 Å². The number of rotatable bonds is 1. The molecule has 0 fully saturated rings. The van der Waals surface area contributed by atoms with Gasteiger partial charge in [0.05, 0.1) is 6.61 Å². The maximum absolute atomic E-state index is 9.47. The number of hydrogen-bond donors (Lipinski definition) is 1. The molecule has 0 saturated carbocycles. The summed E-state index contributed by atoms with van der Waals surface area (Å²) in [6.07, 6.45) is 0. The highest BCUT2D eigenvalue weighted by Gasteiger charge is 2.31. The second-order valence-corrected chi connectivity index (χ2v) is 4.95. The molecule has 0 spiro atoms. The first-order valence-corrected chi connectivity index (χ1v) is 5.63. The Hall–Kier alpha value is -0.990. The average molecular weight is 239 g/mol. The molecule has 3 heteroatoms. The van der Waals surface area contributed by atoms with Crippen LogP contribution in [0.15, 0.2) is 23.8 Å². The van der Waals surface area contributed by atoms with E-state index < -0.39 is 0 Å². The minimum atomic E-state index is -0.376. The maximum atomic E-state index is 9.47. The van der Waals surface area contributed by atoms with Crippen LogP contribution in [0.25, 0.3) is 5.57 Å². The minimum Gasteiger partial charge on any atom is -0.483 e. The van der Waals surface area contributed by atoms with E-state index in [9.17, 15) is 5.11 Å². The van der Waals surface area contributed by atoms with E-state index in [4.69, 9.17) is 16.3 Å². The van der Waals surface area contributed by atoms with Gasteiger partial charge in [0.1, 0.15) is 11.4 Å². The third-order valence-corrected chi connectivity index (χ3v) is 3.38. The quantitative estimate of drug-likeness (QED) is 0.814. The monoisotopic (exact) mass is 238 g/mol. The number of halogens is 1. The van der Waals surface area contributed by atoms with Crippen LogP contribution in [0.3, 0.4) is 0 Å². The van der Waals surface area contributed by atoms with Gasteiger partial charge in [-0.3, -0.25) is 0 Å². The van der Waals surface area contributed by atoms with Crippen LogP contribution in [0.2, 0.25) is 5.02 Å². The molecule has 16 heavy (non-hydrogen) atoms. The van der Waals surface area contributed by atoms with E-state index in [1.165, 1.54) is 0 Å². The van der Waals surface area contributed by atoms with Gasteiger partial charge in [0.15, 0.2) is 0 Å². The number of aliphatic hydroxyl groups is 1. The van der Waals surface area contributed by atoms with Crippen LogP contribution >= 0.6 is 11.6 Å². The summed E-state index contributed by atoms with van der Waals surface area (Å²) in [5, 5.41) is 10.1. The highest BCUT2D eigenvalue weighted by molar-refractivity contribution is 6.30. The van der Waals surface area contributed by atoms with Gasteiger partial charge in [0, 0.05) is 10.6 Å². The lowest BCUT2D eigenvalue weighted by Crippen LogP contribution is -2.34. The van der Waals surface area contributed by atoms with Gasteiger partial charge in [-0.2, -0.15) is 0 Å². The average Bonchev–Trinajstić information content (AvgIpc) is 2.21. The summed E-state index contributed by atoms with van der Waals surface area (Å²) in [5.74, 6) is 0.782. The SMILES string of the molecule is CC1=C(CO)c2cc(Cl)ccc2OC1(C)C. The van der Waals surface area contributed by atoms with E-state index in [1.807, 2.05) is 32.9 Å². The Labute approximate surface area is 101 Å². The molecule has 0 aromatic heterocycles. The van der Waals surface area contributed by atoms with Gasteiger partial charge >= 0.3 is 0 Å². The molecule has 1 aliphatic rings. The van der Waals surface area contributed by atoms with Crippen molar-refractivity contribution in [2.24, 2.45) is 0 Å². The molecule has 1 aliphatic heterocycles. The van der Waals surface area contributed by atoms with E-state index in [2.05, 4.69) is 0 Å². The zero-order chi connectivity index (χ0) is 11.9. The van der Waals surface area contributed by atoms with Crippen LogP contribution in [-0.4, -0.2) is 17.3 Å². The third kappa shape index (κ3) is 1.72. The van der Waals surface area contributed by atoms with Crippen molar-refractivity contribution in [3.63, 3.8) is 0 Å². The number of hydrogen-bond acceptors (Lipinski definition) is 2. The van der Waals surface area contributed by atoms with E-state index in [0.29, 0.717) is 5.02 Å². The van der Waals surface area contributed by atoms with Crippen LogP contribution in [0, 0.1) is 0 Å². The highest BCUT2D eigenvalue weighted by atomic mass is 35.5. The first kappa shape index (κ1) is 11.5. The van der Waals surface area contributed by atoms with Crippen LogP contribution in [0.1, 0.15) is 26.3 Å². The summed E-state index contributed by atoms with van der Waals surface area (Å²) >= 11 is 5.96.